The molecule has 20 heavy (non-hydrogen) atoms. The first-order chi connectivity index (χ1) is 9.22. The van der Waals surface area contributed by atoms with Gasteiger partial charge in [-0.25, -0.2) is 8.42 Å². The van der Waals surface area contributed by atoms with Gasteiger partial charge in [0.1, 0.15) is 11.0 Å². The van der Waals surface area contributed by atoms with E-state index in [2.05, 4.69) is 36.6 Å². The van der Waals surface area contributed by atoms with Gasteiger partial charge in [-0.05, 0) is 44.3 Å². The minimum atomic E-state index is -3.70. The lowest BCUT2D eigenvalue weighted by molar-refractivity contribution is 0.412. The van der Waals surface area contributed by atoms with E-state index in [4.69, 9.17) is 22.7 Å². The summed E-state index contributed by atoms with van der Waals surface area (Å²) in [5.74, 6) is 0.509. The third-order valence-electron chi connectivity index (χ3n) is 2.56. The van der Waals surface area contributed by atoms with Gasteiger partial charge in [0.15, 0.2) is 0 Å². The Bertz CT molecular complexity index is 620. The average Bonchev–Trinajstić information content (AvgIpc) is 2.32. The van der Waals surface area contributed by atoms with E-state index in [1.54, 1.807) is 19.1 Å². The van der Waals surface area contributed by atoms with Crippen LogP contribution in [0.4, 0.5) is 5.69 Å². The van der Waals surface area contributed by atoms with Gasteiger partial charge in [-0.15, -0.1) is 0 Å². The van der Waals surface area contributed by atoms with E-state index in [0.717, 1.165) is 0 Å². The molecule has 112 valence electrons. The summed E-state index contributed by atoms with van der Waals surface area (Å²) >= 11 is 11.4. The summed E-state index contributed by atoms with van der Waals surface area (Å²) in [6.45, 7) is 1.71. The van der Waals surface area contributed by atoms with E-state index in [-0.39, 0.29) is 4.99 Å². The first-order valence-electron chi connectivity index (χ1n) is 5.57. The molecule has 1 atom stereocenters. The summed E-state index contributed by atoms with van der Waals surface area (Å²) in [6.07, 6.45) is 0.302. The highest BCUT2D eigenvalue weighted by Crippen LogP contribution is 2.35. The minimum Gasteiger partial charge on any atom is -0.495 e. The van der Waals surface area contributed by atoms with Crippen molar-refractivity contribution in [3.8, 4) is 5.75 Å². The van der Waals surface area contributed by atoms with Crippen LogP contribution < -0.4 is 15.2 Å². The van der Waals surface area contributed by atoms with E-state index in [1.807, 2.05) is 0 Å². The SMILES string of the molecule is CCC(C(N)=S)S(=O)(=O)Nc1cc(OC)c(Br)cc1Br. The smallest absolute Gasteiger partial charge is 0.242 e. The van der Waals surface area contributed by atoms with Crippen LogP contribution in [-0.4, -0.2) is 25.8 Å². The lowest BCUT2D eigenvalue weighted by atomic mass is 10.3. The number of hydrogen-bond acceptors (Lipinski definition) is 4. The molecule has 0 aromatic heterocycles. The van der Waals surface area contributed by atoms with E-state index in [9.17, 15) is 8.42 Å². The number of hydrogen-bond donors (Lipinski definition) is 2. The van der Waals surface area contributed by atoms with Gasteiger partial charge >= 0.3 is 0 Å². The van der Waals surface area contributed by atoms with Crippen LogP contribution in [0, 0.1) is 0 Å². The molecule has 1 rings (SSSR count). The molecule has 1 unspecified atom stereocenters. The second kappa shape index (κ2) is 7.06. The molecule has 5 nitrogen and oxygen atoms in total. The van der Waals surface area contributed by atoms with Crippen molar-refractivity contribution >= 4 is 64.8 Å². The normalized spacial score (nSPS) is 12.8. The Balaban J connectivity index is 3.18. The number of rotatable bonds is 6. The first-order valence-corrected chi connectivity index (χ1v) is 9.11. The van der Waals surface area contributed by atoms with Crippen molar-refractivity contribution in [2.45, 2.75) is 18.6 Å². The summed E-state index contributed by atoms with van der Waals surface area (Å²) in [7, 11) is -2.21. The molecule has 0 saturated heterocycles. The molecular formula is C11H14Br2N2O3S2. The Morgan fingerprint density at radius 3 is 2.50 bits per heavy atom. The molecule has 0 aliphatic rings. The van der Waals surface area contributed by atoms with Gasteiger partial charge in [0.2, 0.25) is 10.0 Å². The van der Waals surface area contributed by atoms with E-state index < -0.39 is 15.3 Å². The largest absolute Gasteiger partial charge is 0.495 e. The number of halogens is 2. The van der Waals surface area contributed by atoms with Crippen molar-refractivity contribution in [2.24, 2.45) is 5.73 Å². The van der Waals surface area contributed by atoms with Crippen LogP contribution >= 0.6 is 44.1 Å². The molecule has 0 aliphatic heterocycles. The summed E-state index contributed by atoms with van der Waals surface area (Å²) in [6, 6.07) is 3.26. The molecular weight excluding hydrogens is 432 g/mol. The fourth-order valence-electron chi connectivity index (χ4n) is 1.56. The molecule has 3 N–H and O–H groups in total. The Morgan fingerprint density at radius 2 is 2.05 bits per heavy atom. The zero-order valence-electron chi connectivity index (χ0n) is 10.8. The number of thiocarbonyl (C=S) groups is 1. The quantitative estimate of drug-likeness (QED) is 0.657. The number of ether oxygens (including phenoxy) is 1. The van der Waals surface area contributed by atoms with E-state index in [1.165, 1.54) is 7.11 Å². The van der Waals surface area contributed by atoms with Crippen LogP contribution in [0.3, 0.4) is 0 Å². The summed E-state index contributed by atoms with van der Waals surface area (Å²) in [4.78, 5) is -0.0554. The van der Waals surface area contributed by atoms with Gasteiger partial charge in [0, 0.05) is 10.5 Å². The predicted molar refractivity (Wildman–Crippen MR) is 91.8 cm³/mol. The molecule has 0 aliphatic carbocycles. The maximum Gasteiger partial charge on any atom is 0.242 e. The van der Waals surface area contributed by atoms with Crippen LogP contribution in [0.2, 0.25) is 0 Å². The van der Waals surface area contributed by atoms with Gasteiger partial charge in [-0.1, -0.05) is 19.1 Å². The third-order valence-corrected chi connectivity index (χ3v) is 6.11. The number of anilines is 1. The number of nitrogens with one attached hydrogen (secondary N) is 1. The molecule has 1 aromatic carbocycles. The Labute approximate surface area is 140 Å². The van der Waals surface area contributed by atoms with Gasteiger partial charge in [0.05, 0.1) is 22.3 Å². The topological polar surface area (TPSA) is 81.4 Å². The highest BCUT2D eigenvalue weighted by atomic mass is 79.9. The van der Waals surface area contributed by atoms with Gasteiger partial charge in [-0.2, -0.15) is 0 Å². The highest BCUT2D eigenvalue weighted by Gasteiger charge is 2.27. The van der Waals surface area contributed by atoms with Crippen molar-refractivity contribution in [3.63, 3.8) is 0 Å². The highest BCUT2D eigenvalue weighted by molar-refractivity contribution is 9.11. The number of methoxy groups -OCH3 is 1. The maximum atomic E-state index is 12.3. The van der Waals surface area contributed by atoms with Crippen LogP contribution in [0.5, 0.6) is 5.75 Å². The second-order valence-corrected chi connectivity index (χ2v) is 7.96. The number of nitrogens with two attached hydrogens (primary N) is 1. The molecule has 0 fully saturated rings. The monoisotopic (exact) mass is 444 g/mol. The van der Waals surface area contributed by atoms with E-state index >= 15 is 0 Å². The zero-order chi connectivity index (χ0) is 15.5. The molecule has 0 heterocycles. The molecule has 0 bridgehead atoms. The molecule has 0 saturated carbocycles. The fraction of sp³-hybridized carbons (Fsp3) is 0.364. The lowest BCUT2D eigenvalue weighted by Crippen LogP contribution is -2.37. The minimum absolute atomic E-state index is 0.0554. The van der Waals surface area contributed by atoms with Crippen LogP contribution in [0.1, 0.15) is 13.3 Å². The second-order valence-electron chi connectivity index (χ2n) is 3.91. The van der Waals surface area contributed by atoms with Gasteiger partial charge < -0.3 is 10.5 Å². The third kappa shape index (κ3) is 4.06. The zero-order valence-corrected chi connectivity index (χ0v) is 15.6. The molecule has 0 amide bonds. The molecule has 0 radical (unpaired) electrons. The summed E-state index contributed by atoms with van der Waals surface area (Å²) < 4.78 is 33.4. The van der Waals surface area contributed by atoms with Gasteiger partial charge in [-0.3, -0.25) is 4.72 Å². The number of sulfonamides is 1. The summed E-state index contributed by atoms with van der Waals surface area (Å²) in [5, 5.41) is -0.918. The van der Waals surface area contributed by atoms with Crippen LogP contribution in [0.25, 0.3) is 0 Å². The Hall–Kier alpha value is -0.380. The lowest BCUT2D eigenvalue weighted by Gasteiger charge is -2.17. The molecule has 1 aromatic rings. The predicted octanol–water partition coefficient (Wildman–Crippen LogP) is 3.03. The Kier molecular flexibility index (Phi) is 6.24. The fourth-order valence-corrected chi connectivity index (χ4v) is 4.86. The average molecular weight is 446 g/mol. The van der Waals surface area contributed by atoms with Crippen molar-refractivity contribution in [3.05, 3.63) is 21.1 Å². The number of benzene rings is 1. The molecule has 0 spiro atoms. The van der Waals surface area contributed by atoms with Crippen molar-refractivity contribution in [1.29, 1.82) is 0 Å². The van der Waals surface area contributed by atoms with Crippen LogP contribution in [0.15, 0.2) is 21.1 Å². The van der Waals surface area contributed by atoms with Gasteiger partial charge in [0.25, 0.3) is 0 Å². The maximum absolute atomic E-state index is 12.3. The Morgan fingerprint density at radius 1 is 1.45 bits per heavy atom. The standard InChI is InChI=1S/C11H14Br2N2O3S2/c1-3-10(11(14)19)20(16,17)15-8-5-9(18-2)7(13)4-6(8)12/h4-5,10,15H,3H2,1-2H3,(H2,14,19). The van der Waals surface area contributed by atoms with Crippen LogP contribution in [-0.2, 0) is 10.0 Å². The first kappa shape index (κ1) is 17.7. The van der Waals surface area contributed by atoms with E-state index in [0.29, 0.717) is 26.8 Å². The molecule has 9 heteroatoms. The van der Waals surface area contributed by atoms with Crippen molar-refractivity contribution in [1.82, 2.24) is 0 Å². The van der Waals surface area contributed by atoms with Crippen molar-refractivity contribution in [2.75, 3.05) is 11.8 Å². The summed E-state index contributed by atoms with van der Waals surface area (Å²) in [5.41, 5.74) is 5.83. The van der Waals surface area contributed by atoms with Crippen molar-refractivity contribution < 1.29 is 13.2 Å².